The Morgan fingerprint density at radius 1 is 1.24 bits per heavy atom. The van der Waals surface area contributed by atoms with Crippen LogP contribution in [-0.2, 0) is 4.79 Å². The number of thiocarbonyl (C=S) groups is 1. The topological polar surface area (TPSA) is 50.4 Å². The lowest BCUT2D eigenvalue weighted by atomic mass is 10.2. The second-order valence-electron chi connectivity index (χ2n) is 5.24. The van der Waals surface area contributed by atoms with Crippen molar-refractivity contribution in [2.45, 2.75) is 13.8 Å². The van der Waals surface area contributed by atoms with Gasteiger partial charge in [-0.2, -0.15) is 0 Å². The van der Waals surface area contributed by atoms with Crippen molar-refractivity contribution in [3.8, 4) is 5.75 Å². The molecule has 1 amide bonds. The third-order valence-electron chi connectivity index (χ3n) is 3.28. The van der Waals surface area contributed by atoms with Crippen molar-refractivity contribution in [2.24, 2.45) is 0 Å². The average molecular weight is 375 g/mol. The first kappa shape index (κ1) is 19.0. The predicted molar refractivity (Wildman–Crippen MR) is 107 cm³/mol. The van der Waals surface area contributed by atoms with E-state index in [-0.39, 0.29) is 11.0 Å². The highest BCUT2D eigenvalue weighted by Crippen LogP contribution is 2.19. The number of nitrogens with one attached hydrogen (secondary N) is 2. The number of anilines is 1. The number of carbonyl (C=O) groups excluding carboxylic acids is 1. The fourth-order valence-corrected chi connectivity index (χ4v) is 2.40. The van der Waals surface area contributed by atoms with Crippen LogP contribution in [0.2, 0.25) is 5.02 Å². The second kappa shape index (κ2) is 9.20. The molecule has 0 aliphatic rings. The van der Waals surface area contributed by atoms with E-state index >= 15 is 0 Å². The van der Waals surface area contributed by atoms with Crippen LogP contribution in [0.25, 0.3) is 6.08 Å². The molecule has 0 aromatic heterocycles. The molecule has 2 aromatic rings. The monoisotopic (exact) mass is 374 g/mol. The first-order chi connectivity index (χ1) is 12.0. The minimum Gasteiger partial charge on any atom is -0.494 e. The minimum atomic E-state index is -0.315. The van der Waals surface area contributed by atoms with Crippen molar-refractivity contribution in [1.82, 2.24) is 5.32 Å². The summed E-state index contributed by atoms with van der Waals surface area (Å²) in [6, 6.07) is 12.9. The number of hydrogen-bond donors (Lipinski definition) is 2. The summed E-state index contributed by atoms with van der Waals surface area (Å²) < 4.78 is 5.37. The Morgan fingerprint density at radius 3 is 2.60 bits per heavy atom. The number of halogens is 1. The largest absolute Gasteiger partial charge is 0.494 e. The van der Waals surface area contributed by atoms with E-state index in [1.165, 1.54) is 6.08 Å². The molecule has 4 nitrogen and oxygen atoms in total. The maximum Gasteiger partial charge on any atom is 0.250 e. The van der Waals surface area contributed by atoms with Gasteiger partial charge in [0.2, 0.25) is 5.91 Å². The molecule has 130 valence electrons. The molecule has 6 heteroatoms. The number of benzene rings is 2. The van der Waals surface area contributed by atoms with Gasteiger partial charge in [0.05, 0.1) is 6.61 Å². The van der Waals surface area contributed by atoms with E-state index in [2.05, 4.69) is 10.6 Å². The van der Waals surface area contributed by atoms with Gasteiger partial charge in [-0.3, -0.25) is 10.1 Å². The first-order valence-corrected chi connectivity index (χ1v) is 8.55. The van der Waals surface area contributed by atoms with Gasteiger partial charge in [-0.1, -0.05) is 29.8 Å². The van der Waals surface area contributed by atoms with Crippen LogP contribution in [0.4, 0.5) is 5.69 Å². The van der Waals surface area contributed by atoms with Gasteiger partial charge in [0.15, 0.2) is 5.11 Å². The quantitative estimate of drug-likeness (QED) is 0.594. The first-order valence-electron chi connectivity index (χ1n) is 7.77. The average Bonchev–Trinajstić information content (AvgIpc) is 2.58. The summed E-state index contributed by atoms with van der Waals surface area (Å²) in [6.07, 6.45) is 3.13. The van der Waals surface area contributed by atoms with Gasteiger partial charge in [0, 0.05) is 16.8 Å². The lowest BCUT2D eigenvalue weighted by Crippen LogP contribution is -2.32. The third-order valence-corrected chi connectivity index (χ3v) is 3.90. The van der Waals surface area contributed by atoms with Gasteiger partial charge in [-0.15, -0.1) is 0 Å². The highest BCUT2D eigenvalue weighted by molar-refractivity contribution is 7.80. The highest BCUT2D eigenvalue weighted by atomic mass is 35.5. The van der Waals surface area contributed by atoms with Crippen molar-refractivity contribution in [1.29, 1.82) is 0 Å². The molecule has 0 heterocycles. The van der Waals surface area contributed by atoms with Gasteiger partial charge >= 0.3 is 0 Å². The Kier molecular flexibility index (Phi) is 6.98. The van der Waals surface area contributed by atoms with Gasteiger partial charge in [-0.05, 0) is 67.5 Å². The number of aryl methyl sites for hydroxylation is 1. The van der Waals surface area contributed by atoms with Crippen LogP contribution in [0.1, 0.15) is 18.1 Å². The number of ether oxygens (including phenoxy) is 1. The molecule has 0 spiro atoms. The highest BCUT2D eigenvalue weighted by Gasteiger charge is 2.03. The van der Waals surface area contributed by atoms with Crippen LogP contribution >= 0.6 is 23.8 Å². The molecule has 0 unspecified atom stereocenters. The number of rotatable bonds is 5. The van der Waals surface area contributed by atoms with E-state index in [1.807, 2.05) is 50.2 Å². The Labute approximate surface area is 157 Å². The molecule has 0 bridgehead atoms. The van der Waals surface area contributed by atoms with Crippen LogP contribution in [-0.4, -0.2) is 17.6 Å². The third kappa shape index (κ3) is 6.21. The van der Waals surface area contributed by atoms with Crippen LogP contribution in [0, 0.1) is 6.92 Å². The molecular formula is C19H19ClN2O2S. The molecule has 2 aromatic carbocycles. The maximum absolute atomic E-state index is 11.9. The Balaban J connectivity index is 1.88. The zero-order chi connectivity index (χ0) is 18.2. The fourth-order valence-electron chi connectivity index (χ4n) is 2.00. The Hall–Kier alpha value is -2.37. The molecule has 0 saturated heterocycles. The Bertz CT molecular complexity index is 789. The van der Waals surface area contributed by atoms with Crippen molar-refractivity contribution >= 4 is 46.6 Å². The molecule has 2 N–H and O–H groups in total. The van der Waals surface area contributed by atoms with Crippen LogP contribution < -0.4 is 15.4 Å². The summed E-state index contributed by atoms with van der Waals surface area (Å²) in [6.45, 7) is 4.46. The zero-order valence-electron chi connectivity index (χ0n) is 14.0. The smallest absolute Gasteiger partial charge is 0.250 e. The van der Waals surface area contributed by atoms with E-state index in [1.54, 1.807) is 12.1 Å². The minimum absolute atomic E-state index is 0.210. The molecular weight excluding hydrogens is 356 g/mol. The Morgan fingerprint density at radius 2 is 1.96 bits per heavy atom. The second-order valence-corrected chi connectivity index (χ2v) is 6.06. The summed E-state index contributed by atoms with van der Waals surface area (Å²) in [5.41, 5.74) is 2.58. The fraction of sp³-hybridized carbons (Fsp3) is 0.158. The predicted octanol–water partition coefficient (Wildman–Crippen LogP) is 4.57. The standard InChI is InChI=1S/C19H19ClN2O2S/c1-3-24-16-9-5-14(6-10-16)7-11-18(23)22-19(25)21-15-8-4-13(2)17(20)12-15/h4-12H,3H2,1-2H3,(H2,21,22,23,25)/b11-7+. The van der Waals surface area contributed by atoms with Gasteiger partial charge in [-0.25, -0.2) is 0 Å². The van der Waals surface area contributed by atoms with E-state index in [4.69, 9.17) is 28.6 Å². The normalized spacial score (nSPS) is 10.5. The van der Waals surface area contributed by atoms with Crippen molar-refractivity contribution in [3.05, 3.63) is 64.7 Å². The lowest BCUT2D eigenvalue weighted by Gasteiger charge is -2.09. The van der Waals surface area contributed by atoms with Crippen LogP contribution in [0.3, 0.4) is 0 Å². The van der Waals surface area contributed by atoms with Gasteiger partial charge in [0.1, 0.15) is 5.75 Å². The summed E-state index contributed by atoms with van der Waals surface area (Å²) >= 11 is 11.2. The number of carbonyl (C=O) groups is 1. The molecule has 0 aliphatic heterocycles. The summed E-state index contributed by atoms with van der Waals surface area (Å²) in [5, 5.41) is 6.36. The number of amides is 1. The van der Waals surface area contributed by atoms with Crippen LogP contribution in [0.5, 0.6) is 5.75 Å². The van der Waals surface area contributed by atoms with E-state index in [0.29, 0.717) is 11.6 Å². The zero-order valence-corrected chi connectivity index (χ0v) is 15.6. The maximum atomic E-state index is 11.9. The van der Waals surface area contributed by atoms with E-state index < -0.39 is 0 Å². The lowest BCUT2D eigenvalue weighted by molar-refractivity contribution is -0.115. The molecule has 0 atom stereocenters. The van der Waals surface area contributed by atoms with Crippen molar-refractivity contribution < 1.29 is 9.53 Å². The molecule has 0 radical (unpaired) electrons. The molecule has 0 saturated carbocycles. The number of hydrogen-bond acceptors (Lipinski definition) is 3. The van der Waals surface area contributed by atoms with Crippen LogP contribution in [0.15, 0.2) is 48.5 Å². The SMILES string of the molecule is CCOc1ccc(/C=C/C(=O)NC(=S)Nc2ccc(C)c(Cl)c2)cc1. The van der Waals surface area contributed by atoms with Gasteiger partial charge in [0.25, 0.3) is 0 Å². The molecule has 0 fully saturated rings. The van der Waals surface area contributed by atoms with Crippen molar-refractivity contribution in [2.75, 3.05) is 11.9 Å². The molecule has 0 aliphatic carbocycles. The van der Waals surface area contributed by atoms with E-state index in [9.17, 15) is 4.79 Å². The van der Waals surface area contributed by atoms with E-state index in [0.717, 1.165) is 22.6 Å². The summed E-state index contributed by atoms with van der Waals surface area (Å²) in [5.74, 6) is 0.482. The summed E-state index contributed by atoms with van der Waals surface area (Å²) in [7, 11) is 0. The molecule has 2 rings (SSSR count). The van der Waals surface area contributed by atoms with Crippen molar-refractivity contribution in [3.63, 3.8) is 0 Å². The molecule has 25 heavy (non-hydrogen) atoms. The summed E-state index contributed by atoms with van der Waals surface area (Å²) in [4.78, 5) is 11.9. The van der Waals surface area contributed by atoms with Gasteiger partial charge < -0.3 is 10.1 Å².